The zero-order valence-electron chi connectivity index (χ0n) is 10.4. The first-order valence-corrected chi connectivity index (χ1v) is 5.63. The van der Waals surface area contributed by atoms with Gasteiger partial charge in [-0.25, -0.2) is 0 Å². The van der Waals surface area contributed by atoms with Gasteiger partial charge in [0.2, 0.25) is 0 Å². The van der Waals surface area contributed by atoms with Crippen LogP contribution in [0, 0.1) is 6.92 Å². The third-order valence-corrected chi connectivity index (χ3v) is 2.22. The maximum Gasteiger partial charge on any atom is 0.127 e. The SMILES string of the molecule is COCCOCCOc1cc(C)ncc1CN. The lowest BCUT2D eigenvalue weighted by Crippen LogP contribution is -2.11. The van der Waals surface area contributed by atoms with Gasteiger partial charge in [0.1, 0.15) is 12.4 Å². The molecule has 1 aromatic rings. The van der Waals surface area contributed by atoms with Gasteiger partial charge in [-0.1, -0.05) is 0 Å². The molecule has 0 aliphatic carbocycles. The highest BCUT2D eigenvalue weighted by Crippen LogP contribution is 2.17. The monoisotopic (exact) mass is 240 g/mol. The lowest BCUT2D eigenvalue weighted by molar-refractivity contribution is 0.0542. The summed E-state index contributed by atoms with van der Waals surface area (Å²) in [6, 6.07) is 1.89. The summed E-state index contributed by atoms with van der Waals surface area (Å²) in [5.41, 5.74) is 7.43. The van der Waals surface area contributed by atoms with E-state index in [0.29, 0.717) is 33.0 Å². The number of nitrogens with zero attached hydrogens (tertiary/aromatic N) is 1. The van der Waals surface area contributed by atoms with Crippen molar-refractivity contribution in [2.75, 3.05) is 33.5 Å². The zero-order valence-corrected chi connectivity index (χ0v) is 10.4. The van der Waals surface area contributed by atoms with Crippen LogP contribution in [0.1, 0.15) is 11.3 Å². The van der Waals surface area contributed by atoms with Crippen molar-refractivity contribution < 1.29 is 14.2 Å². The molecule has 0 aromatic carbocycles. The number of ether oxygens (including phenoxy) is 3. The maximum atomic E-state index is 5.60. The van der Waals surface area contributed by atoms with Crippen molar-refractivity contribution in [3.05, 3.63) is 23.5 Å². The molecular formula is C12H20N2O3. The largest absolute Gasteiger partial charge is 0.491 e. The second-order valence-electron chi connectivity index (χ2n) is 3.59. The van der Waals surface area contributed by atoms with E-state index in [1.54, 1.807) is 13.3 Å². The average Bonchev–Trinajstić information content (AvgIpc) is 2.34. The Morgan fingerprint density at radius 1 is 1.24 bits per heavy atom. The molecule has 0 radical (unpaired) electrons. The summed E-state index contributed by atoms with van der Waals surface area (Å²) in [6.07, 6.45) is 1.75. The summed E-state index contributed by atoms with van der Waals surface area (Å²) in [7, 11) is 1.65. The first kappa shape index (κ1) is 13.9. The molecule has 0 aliphatic rings. The molecule has 1 rings (SSSR count). The van der Waals surface area contributed by atoms with Crippen molar-refractivity contribution in [1.82, 2.24) is 4.98 Å². The van der Waals surface area contributed by atoms with E-state index in [4.69, 9.17) is 19.9 Å². The predicted molar refractivity (Wildman–Crippen MR) is 65.1 cm³/mol. The molecule has 5 heteroatoms. The van der Waals surface area contributed by atoms with Crippen LogP contribution >= 0.6 is 0 Å². The van der Waals surface area contributed by atoms with Gasteiger partial charge in [-0.05, 0) is 6.92 Å². The number of aryl methyl sites for hydroxylation is 1. The summed E-state index contributed by atoms with van der Waals surface area (Å²) in [5, 5.41) is 0. The quantitative estimate of drug-likeness (QED) is 0.684. The first-order chi connectivity index (χ1) is 8.27. The van der Waals surface area contributed by atoms with Crippen LogP contribution in [0.3, 0.4) is 0 Å². The molecule has 0 fully saturated rings. The molecule has 96 valence electrons. The molecule has 0 saturated heterocycles. The zero-order chi connectivity index (χ0) is 12.5. The fourth-order valence-electron chi connectivity index (χ4n) is 1.31. The fraction of sp³-hybridized carbons (Fsp3) is 0.583. The van der Waals surface area contributed by atoms with E-state index in [1.165, 1.54) is 0 Å². The minimum absolute atomic E-state index is 0.424. The van der Waals surface area contributed by atoms with E-state index >= 15 is 0 Å². The average molecular weight is 240 g/mol. The molecule has 5 nitrogen and oxygen atoms in total. The Labute approximate surface area is 102 Å². The van der Waals surface area contributed by atoms with Crippen LogP contribution in [-0.4, -0.2) is 38.5 Å². The highest BCUT2D eigenvalue weighted by atomic mass is 16.5. The van der Waals surface area contributed by atoms with E-state index in [0.717, 1.165) is 17.0 Å². The molecule has 0 unspecified atom stereocenters. The Morgan fingerprint density at radius 3 is 2.71 bits per heavy atom. The molecule has 0 saturated carbocycles. The van der Waals surface area contributed by atoms with E-state index < -0.39 is 0 Å². The lowest BCUT2D eigenvalue weighted by atomic mass is 10.2. The Balaban J connectivity index is 2.32. The molecule has 0 atom stereocenters. The topological polar surface area (TPSA) is 66.6 Å². The van der Waals surface area contributed by atoms with Crippen LogP contribution in [0.25, 0.3) is 0 Å². The number of nitrogens with two attached hydrogens (primary N) is 1. The van der Waals surface area contributed by atoms with Crippen molar-refractivity contribution in [3.8, 4) is 5.75 Å². The van der Waals surface area contributed by atoms with Crippen molar-refractivity contribution in [2.24, 2.45) is 5.73 Å². The summed E-state index contributed by atoms with van der Waals surface area (Å²) in [4.78, 5) is 4.17. The van der Waals surface area contributed by atoms with E-state index in [9.17, 15) is 0 Å². The highest BCUT2D eigenvalue weighted by molar-refractivity contribution is 5.32. The van der Waals surface area contributed by atoms with Crippen LogP contribution in [0.2, 0.25) is 0 Å². The van der Waals surface area contributed by atoms with Crippen LogP contribution in [-0.2, 0) is 16.0 Å². The lowest BCUT2D eigenvalue weighted by Gasteiger charge is -2.11. The van der Waals surface area contributed by atoms with Gasteiger partial charge in [0.15, 0.2) is 0 Å². The van der Waals surface area contributed by atoms with Crippen LogP contribution in [0.5, 0.6) is 5.75 Å². The standard InChI is InChI=1S/C12H20N2O3/c1-10-7-12(11(8-13)9-14-10)17-6-5-16-4-3-15-2/h7,9H,3-6,8,13H2,1-2H3. The first-order valence-electron chi connectivity index (χ1n) is 5.63. The molecule has 0 bridgehead atoms. The van der Waals surface area contributed by atoms with Gasteiger partial charge in [0.05, 0.1) is 19.8 Å². The van der Waals surface area contributed by atoms with Gasteiger partial charge in [-0.2, -0.15) is 0 Å². The normalized spacial score (nSPS) is 10.5. The van der Waals surface area contributed by atoms with Gasteiger partial charge in [0.25, 0.3) is 0 Å². The molecule has 1 aromatic heterocycles. The number of rotatable bonds is 8. The van der Waals surface area contributed by atoms with Crippen molar-refractivity contribution >= 4 is 0 Å². The maximum absolute atomic E-state index is 5.60. The fourth-order valence-corrected chi connectivity index (χ4v) is 1.31. The van der Waals surface area contributed by atoms with Gasteiger partial charge in [-0.15, -0.1) is 0 Å². The van der Waals surface area contributed by atoms with Gasteiger partial charge in [-0.3, -0.25) is 4.98 Å². The molecular weight excluding hydrogens is 220 g/mol. The summed E-state index contributed by atoms with van der Waals surface area (Å²) in [5.74, 6) is 0.787. The molecule has 17 heavy (non-hydrogen) atoms. The third kappa shape index (κ3) is 5.12. The second kappa shape index (κ2) is 8.00. The smallest absolute Gasteiger partial charge is 0.127 e. The van der Waals surface area contributed by atoms with Crippen molar-refractivity contribution in [1.29, 1.82) is 0 Å². The highest BCUT2D eigenvalue weighted by Gasteiger charge is 2.03. The van der Waals surface area contributed by atoms with E-state index in [1.807, 2.05) is 13.0 Å². The second-order valence-corrected chi connectivity index (χ2v) is 3.59. The third-order valence-electron chi connectivity index (χ3n) is 2.22. The van der Waals surface area contributed by atoms with Crippen molar-refractivity contribution in [2.45, 2.75) is 13.5 Å². The van der Waals surface area contributed by atoms with E-state index in [-0.39, 0.29) is 0 Å². The Bertz CT molecular complexity index is 332. The van der Waals surface area contributed by atoms with Crippen LogP contribution in [0.4, 0.5) is 0 Å². The molecule has 2 N–H and O–H groups in total. The Kier molecular flexibility index (Phi) is 6.54. The number of hydrogen-bond acceptors (Lipinski definition) is 5. The van der Waals surface area contributed by atoms with Gasteiger partial charge >= 0.3 is 0 Å². The minimum atomic E-state index is 0.424. The molecule has 1 heterocycles. The summed E-state index contributed by atoms with van der Waals surface area (Å²) in [6.45, 7) is 4.56. The number of pyridine rings is 1. The van der Waals surface area contributed by atoms with Crippen molar-refractivity contribution in [3.63, 3.8) is 0 Å². The Hall–Kier alpha value is -1.17. The number of methoxy groups -OCH3 is 1. The Morgan fingerprint density at radius 2 is 2.00 bits per heavy atom. The van der Waals surface area contributed by atoms with Gasteiger partial charge in [0, 0.05) is 37.2 Å². The summed E-state index contributed by atoms with van der Waals surface area (Å²) < 4.78 is 15.8. The minimum Gasteiger partial charge on any atom is -0.491 e. The van der Waals surface area contributed by atoms with Crippen LogP contribution < -0.4 is 10.5 Å². The number of hydrogen-bond donors (Lipinski definition) is 1. The molecule has 0 aliphatic heterocycles. The molecule has 0 spiro atoms. The predicted octanol–water partition coefficient (Wildman–Crippen LogP) is 0.891. The van der Waals surface area contributed by atoms with Crippen LogP contribution in [0.15, 0.2) is 12.3 Å². The summed E-state index contributed by atoms with van der Waals surface area (Å²) >= 11 is 0. The van der Waals surface area contributed by atoms with Gasteiger partial charge < -0.3 is 19.9 Å². The number of aromatic nitrogens is 1. The van der Waals surface area contributed by atoms with E-state index in [2.05, 4.69) is 4.98 Å². The molecule has 0 amide bonds.